The molecule has 0 aromatic carbocycles. The van der Waals surface area contributed by atoms with Crippen LogP contribution in [0.15, 0.2) is 18.7 Å². The van der Waals surface area contributed by atoms with Crippen LogP contribution in [0.25, 0.3) is 0 Å². The summed E-state index contributed by atoms with van der Waals surface area (Å²) in [7, 11) is 0. The van der Waals surface area contributed by atoms with Crippen molar-refractivity contribution in [2.75, 3.05) is 0 Å². The summed E-state index contributed by atoms with van der Waals surface area (Å²) in [5.74, 6) is 0. The first-order valence-corrected chi connectivity index (χ1v) is 4.67. The minimum absolute atomic E-state index is 0.104. The fraction of sp³-hybridized carbons (Fsp3) is 0.500. The third-order valence-corrected chi connectivity index (χ3v) is 2.12. The Morgan fingerprint density at radius 3 is 2.85 bits per heavy atom. The minimum atomic E-state index is -0.104. The second-order valence-corrected chi connectivity index (χ2v) is 2.99. The Balaban J connectivity index is 3.03. The second kappa shape index (κ2) is 4.23. The lowest BCUT2D eigenvalue weighted by Gasteiger charge is -2.07. The zero-order chi connectivity index (χ0) is 9.84. The number of hydrogen-bond acceptors (Lipinski definition) is 2. The maximum atomic E-state index is 5.86. The highest BCUT2D eigenvalue weighted by molar-refractivity contribution is 5.17. The van der Waals surface area contributed by atoms with Gasteiger partial charge in [0.15, 0.2) is 0 Å². The molecule has 0 aliphatic heterocycles. The van der Waals surface area contributed by atoms with Gasteiger partial charge in [0, 0.05) is 6.54 Å². The Morgan fingerprint density at radius 2 is 2.38 bits per heavy atom. The zero-order valence-electron chi connectivity index (χ0n) is 8.33. The van der Waals surface area contributed by atoms with Crippen LogP contribution < -0.4 is 5.73 Å². The largest absolute Gasteiger partial charge is 0.320 e. The van der Waals surface area contributed by atoms with Crippen molar-refractivity contribution in [1.82, 2.24) is 9.78 Å². The van der Waals surface area contributed by atoms with Gasteiger partial charge in [-0.05, 0) is 19.4 Å². The van der Waals surface area contributed by atoms with Crippen LogP contribution >= 0.6 is 0 Å². The van der Waals surface area contributed by atoms with Crippen LogP contribution in [0.5, 0.6) is 0 Å². The summed E-state index contributed by atoms with van der Waals surface area (Å²) < 4.78 is 1.94. The molecule has 3 nitrogen and oxygen atoms in total. The van der Waals surface area contributed by atoms with Gasteiger partial charge < -0.3 is 5.73 Å². The van der Waals surface area contributed by atoms with Gasteiger partial charge in [-0.25, -0.2) is 0 Å². The van der Waals surface area contributed by atoms with Crippen LogP contribution in [0, 0.1) is 0 Å². The lowest BCUT2D eigenvalue weighted by Crippen LogP contribution is -2.13. The maximum absolute atomic E-state index is 5.86. The first-order valence-electron chi connectivity index (χ1n) is 4.67. The molecule has 0 radical (unpaired) electrons. The first kappa shape index (κ1) is 9.99. The number of hydrogen-bond donors (Lipinski definition) is 1. The fourth-order valence-corrected chi connectivity index (χ4v) is 1.30. The van der Waals surface area contributed by atoms with Gasteiger partial charge >= 0.3 is 0 Å². The van der Waals surface area contributed by atoms with Gasteiger partial charge in [0.1, 0.15) is 0 Å². The van der Waals surface area contributed by atoms with Crippen molar-refractivity contribution < 1.29 is 0 Å². The van der Waals surface area contributed by atoms with E-state index < -0.39 is 0 Å². The van der Waals surface area contributed by atoms with Crippen molar-refractivity contribution in [3.63, 3.8) is 0 Å². The number of nitrogens with zero attached hydrogens (tertiary/aromatic N) is 2. The summed E-state index contributed by atoms with van der Waals surface area (Å²) >= 11 is 0. The Kier molecular flexibility index (Phi) is 3.25. The van der Waals surface area contributed by atoms with E-state index >= 15 is 0 Å². The third kappa shape index (κ3) is 1.98. The summed E-state index contributed by atoms with van der Waals surface area (Å²) in [6.45, 7) is 8.69. The SMILES string of the molecule is C=CC(N)c1cc(CC)nn1CC. The van der Waals surface area contributed by atoms with Gasteiger partial charge in [0.25, 0.3) is 0 Å². The number of aromatic nitrogens is 2. The highest BCUT2D eigenvalue weighted by atomic mass is 15.3. The molecule has 3 heteroatoms. The monoisotopic (exact) mass is 179 g/mol. The van der Waals surface area contributed by atoms with Gasteiger partial charge in [-0.1, -0.05) is 13.0 Å². The molecule has 0 bridgehead atoms. The molecule has 13 heavy (non-hydrogen) atoms. The summed E-state index contributed by atoms with van der Waals surface area (Å²) in [6.07, 6.45) is 2.69. The number of nitrogens with two attached hydrogens (primary N) is 1. The van der Waals surface area contributed by atoms with E-state index in [-0.39, 0.29) is 6.04 Å². The van der Waals surface area contributed by atoms with Gasteiger partial charge in [-0.2, -0.15) is 5.10 Å². The van der Waals surface area contributed by atoms with Crippen molar-refractivity contribution >= 4 is 0 Å². The van der Waals surface area contributed by atoms with Crippen molar-refractivity contribution in [2.24, 2.45) is 5.73 Å². The maximum Gasteiger partial charge on any atom is 0.0650 e. The topological polar surface area (TPSA) is 43.8 Å². The molecule has 72 valence electrons. The normalized spacial score (nSPS) is 12.8. The first-order chi connectivity index (χ1) is 6.22. The number of rotatable bonds is 4. The van der Waals surface area contributed by atoms with Crippen molar-refractivity contribution in [3.05, 3.63) is 30.1 Å². The molecule has 0 aliphatic rings. The zero-order valence-corrected chi connectivity index (χ0v) is 8.33. The molecule has 0 saturated carbocycles. The summed E-state index contributed by atoms with van der Waals surface area (Å²) in [5.41, 5.74) is 8.00. The van der Waals surface area contributed by atoms with Gasteiger partial charge in [-0.15, -0.1) is 6.58 Å². The molecule has 2 N–H and O–H groups in total. The van der Waals surface area contributed by atoms with Crippen LogP contribution in [0.2, 0.25) is 0 Å². The second-order valence-electron chi connectivity index (χ2n) is 2.99. The van der Waals surface area contributed by atoms with E-state index in [1.807, 2.05) is 4.68 Å². The van der Waals surface area contributed by atoms with E-state index in [2.05, 4.69) is 31.6 Å². The molecule has 1 aromatic heterocycles. The summed E-state index contributed by atoms with van der Waals surface area (Å²) in [6, 6.07) is 1.95. The fourth-order valence-electron chi connectivity index (χ4n) is 1.30. The molecule has 0 saturated heterocycles. The van der Waals surface area contributed by atoms with Crippen LogP contribution in [-0.2, 0) is 13.0 Å². The minimum Gasteiger partial charge on any atom is -0.320 e. The van der Waals surface area contributed by atoms with E-state index in [1.54, 1.807) is 6.08 Å². The highest BCUT2D eigenvalue weighted by Gasteiger charge is 2.09. The number of aryl methyl sites for hydroxylation is 2. The Bertz CT molecular complexity index is 288. The quantitative estimate of drug-likeness (QED) is 0.714. The van der Waals surface area contributed by atoms with Crippen LogP contribution in [0.3, 0.4) is 0 Å². The van der Waals surface area contributed by atoms with E-state index in [9.17, 15) is 0 Å². The van der Waals surface area contributed by atoms with E-state index in [4.69, 9.17) is 5.73 Å². The predicted molar refractivity (Wildman–Crippen MR) is 54.4 cm³/mol. The summed E-state index contributed by atoms with van der Waals surface area (Å²) in [5, 5.41) is 4.41. The molecule has 1 aromatic rings. The third-order valence-electron chi connectivity index (χ3n) is 2.12. The predicted octanol–water partition coefficient (Wildman–Crippen LogP) is 1.65. The Hall–Kier alpha value is -1.09. The van der Waals surface area contributed by atoms with Gasteiger partial charge in [0.05, 0.1) is 17.4 Å². The molecular weight excluding hydrogens is 162 g/mol. The van der Waals surface area contributed by atoms with Gasteiger partial charge in [0.2, 0.25) is 0 Å². The molecule has 1 rings (SSSR count). The van der Waals surface area contributed by atoms with Crippen LogP contribution in [0.1, 0.15) is 31.3 Å². The van der Waals surface area contributed by atoms with Crippen LogP contribution in [0.4, 0.5) is 0 Å². The van der Waals surface area contributed by atoms with Gasteiger partial charge in [-0.3, -0.25) is 4.68 Å². The molecule has 1 atom stereocenters. The Labute approximate surface area is 79.2 Å². The summed E-state index contributed by atoms with van der Waals surface area (Å²) in [4.78, 5) is 0. The van der Waals surface area contributed by atoms with Crippen molar-refractivity contribution in [2.45, 2.75) is 32.9 Å². The average molecular weight is 179 g/mol. The average Bonchev–Trinajstić information content (AvgIpc) is 2.59. The smallest absolute Gasteiger partial charge is 0.0650 e. The molecular formula is C10H17N3. The molecule has 1 unspecified atom stereocenters. The van der Waals surface area contributed by atoms with E-state index in [1.165, 1.54) is 0 Å². The molecule has 0 aliphatic carbocycles. The molecule has 0 amide bonds. The molecule has 0 spiro atoms. The Morgan fingerprint density at radius 1 is 1.69 bits per heavy atom. The van der Waals surface area contributed by atoms with E-state index in [0.717, 1.165) is 24.4 Å². The molecule has 1 heterocycles. The van der Waals surface area contributed by atoms with Crippen molar-refractivity contribution in [1.29, 1.82) is 0 Å². The highest BCUT2D eigenvalue weighted by Crippen LogP contribution is 2.13. The standard InChI is InChI=1S/C10H17N3/c1-4-8-7-10(9(11)5-2)13(6-3)12-8/h5,7,9H,2,4,6,11H2,1,3H3. The van der Waals surface area contributed by atoms with E-state index in [0.29, 0.717) is 0 Å². The lowest BCUT2D eigenvalue weighted by molar-refractivity contribution is 0.599. The van der Waals surface area contributed by atoms with Crippen molar-refractivity contribution in [3.8, 4) is 0 Å². The van der Waals surface area contributed by atoms with Crippen LogP contribution in [-0.4, -0.2) is 9.78 Å². The molecule has 0 fully saturated rings. The lowest BCUT2D eigenvalue weighted by atomic mass is 10.2.